The van der Waals surface area contributed by atoms with Gasteiger partial charge in [0, 0.05) is 22.8 Å². The van der Waals surface area contributed by atoms with Crippen molar-refractivity contribution in [2.75, 3.05) is 6.54 Å². The average Bonchev–Trinajstić information content (AvgIpc) is 2.30. The molecule has 1 aliphatic carbocycles. The van der Waals surface area contributed by atoms with E-state index in [2.05, 4.69) is 5.32 Å². The van der Waals surface area contributed by atoms with Gasteiger partial charge < -0.3 is 5.32 Å². The SMILES string of the molecule is Cc1cc(S(=O)(=O)Cl)ccc1C(=O)NCCC1CCC1. The largest absolute Gasteiger partial charge is 0.352 e. The Morgan fingerprint density at radius 1 is 1.40 bits per heavy atom. The molecule has 0 unspecified atom stereocenters. The summed E-state index contributed by atoms with van der Waals surface area (Å²) >= 11 is 0. The summed E-state index contributed by atoms with van der Waals surface area (Å²) in [6.07, 6.45) is 4.83. The van der Waals surface area contributed by atoms with Gasteiger partial charge in [-0.15, -0.1) is 0 Å². The van der Waals surface area contributed by atoms with Gasteiger partial charge >= 0.3 is 0 Å². The second-order valence-corrected chi connectivity index (χ2v) is 7.82. The molecule has 0 spiro atoms. The van der Waals surface area contributed by atoms with Crippen LogP contribution in [0.15, 0.2) is 23.1 Å². The highest BCUT2D eigenvalue weighted by atomic mass is 35.7. The normalized spacial score (nSPS) is 15.7. The molecule has 0 radical (unpaired) electrons. The molecular weight excluding hydrogens is 298 g/mol. The van der Waals surface area contributed by atoms with E-state index in [4.69, 9.17) is 10.7 Å². The highest BCUT2D eigenvalue weighted by molar-refractivity contribution is 8.13. The maximum atomic E-state index is 12.0. The fraction of sp³-hybridized carbons (Fsp3) is 0.500. The monoisotopic (exact) mass is 315 g/mol. The molecule has 1 amide bonds. The van der Waals surface area contributed by atoms with E-state index in [1.807, 2.05) is 0 Å². The van der Waals surface area contributed by atoms with Gasteiger partial charge in [-0.1, -0.05) is 19.3 Å². The summed E-state index contributed by atoms with van der Waals surface area (Å²) in [6.45, 7) is 2.37. The second-order valence-electron chi connectivity index (χ2n) is 5.26. The number of carbonyl (C=O) groups excluding carboxylic acids is 1. The first kappa shape index (κ1) is 15.3. The van der Waals surface area contributed by atoms with Crippen molar-refractivity contribution in [3.05, 3.63) is 29.3 Å². The third kappa shape index (κ3) is 3.73. The second kappa shape index (κ2) is 6.14. The molecule has 0 aromatic heterocycles. The smallest absolute Gasteiger partial charge is 0.261 e. The lowest BCUT2D eigenvalue weighted by Crippen LogP contribution is -2.28. The predicted molar refractivity (Wildman–Crippen MR) is 78.5 cm³/mol. The molecule has 1 aromatic carbocycles. The van der Waals surface area contributed by atoms with Crippen molar-refractivity contribution in [1.29, 1.82) is 0 Å². The number of hydrogen-bond acceptors (Lipinski definition) is 3. The number of halogens is 1. The summed E-state index contributed by atoms with van der Waals surface area (Å²) in [4.78, 5) is 12.0. The lowest BCUT2D eigenvalue weighted by Gasteiger charge is -2.25. The Morgan fingerprint density at radius 2 is 2.10 bits per heavy atom. The molecule has 1 aromatic rings. The van der Waals surface area contributed by atoms with E-state index < -0.39 is 9.05 Å². The summed E-state index contributed by atoms with van der Waals surface area (Å²) in [7, 11) is 1.52. The quantitative estimate of drug-likeness (QED) is 0.850. The third-order valence-corrected chi connectivity index (χ3v) is 5.14. The molecule has 6 heteroatoms. The van der Waals surface area contributed by atoms with Gasteiger partial charge in [0.2, 0.25) is 0 Å². The minimum Gasteiger partial charge on any atom is -0.352 e. The first-order valence-corrected chi connectivity index (χ1v) is 9.02. The maximum absolute atomic E-state index is 12.0. The Balaban J connectivity index is 1.98. The van der Waals surface area contributed by atoms with Gasteiger partial charge in [-0.3, -0.25) is 4.79 Å². The minimum absolute atomic E-state index is 0.0164. The lowest BCUT2D eigenvalue weighted by atomic mass is 9.83. The molecule has 0 saturated heterocycles. The van der Waals surface area contributed by atoms with Crippen LogP contribution in [0.4, 0.5) is 0 Å². The Morgan fingerprint density at radius 3 is 2.60 bits per heavy atom. The van der Waals surface area contributed by atoms with Crippen molar-refractivity contribution in [2.24, 2.45) is 5.92 Å². The van der Waals surface area contributed by atoms with E-state index in [9.17, 15) is 13.2 Å². The summed E-state index contributed by atoms with van der Waals surface area (Å²) in [6, 6.07) is 4.28. The van der Waals surface area contributed by atoms with Crippen molar-refractivity contribution in [1.82, 2.24) is 5.32 Å². The van der Waals surface area contributed by atoms with Crippen molar-refractivity contribution in [3.8, 4) is 0 Å². The fourth-order valence-corrected chi connectivity index (χ4v) is 3.15. The topological polar surface area (TPSA) is 63.2 Å². The van der Waals surface area contributed by atoms with Gasteiger partial charge in [-0.25, -0.2) is 8.42 Å². The Bertz CT molecular complexity index is 609. The average molecular weight is 316 g/mol. The highest BCUT2D eigenvalue weighted by Gasteiger charge is 2.18. The molecule has 20 heavy (non-hydrogen) atoms. The summed E-state index contributed by atoms with van der Waals surface area (Å²) in [5.74, 6) is 0.584. The van der Waals surface area contributed by atoms with Crippen LogP contribution in [0.3, 0.4) is 0 Å². The van der Waals surface area contributed by atoms with Crippen molar-refractivity contribution < 1.29 is 13.2 Å². The van der Waals surface area contributed by atoms with E-state index >= 15 is 0 Å². The predicted octanol–water partition coefficient (Wildman–Crippen LogP) is 2.84. The summed E-state index contributed by atoms with van der Waals surface area (Å²) < 4.78 is 22.4. The molecule has 1 aliphatic rings. The van der Waals surface area contributed by atoms with Crippen molar-refractivity contribution in [3.63, 3.8) is 0 Å². The van der Waals surface area contributed by atoms with Gasteiger partial charge in [-0.2, -0.15) is 0 Å². The van der Waals surface area contributed by atoms with Gasteiger partial charge in [0.1, 0.15) is 0 Å². The molecule has 0 aliphatic heterocycles. The molecule has 2 rings (SSSR count). The Kier molecular flexibility index (Phi) is 4.70. The van der Waals surface area contributed by atoms with Crippen LogP contribution in [-0.2, 0) is 9.05 Å². The zero-order chi connectivity index (χ0) is 14.8. The van der Waals surface area contributed by atoms with E-state index in [0.29, 0.717) is 17.7 Å². The lowest BCUT2D eigenvalue weighted by molar-refractivity contribution is 0.0948. The molecule has 1 N–H and O–H groups in total. The first-order valence-electron chi connectivity index (χ1n) is 6.71. The molecule has 4 nitrogen and oxygen atoms in total. The number of aryl methyl sites for hydroxylation is 1. The third-order valence-electron chi connectivity index (χ3n) is 3.79. The van der Waals surface area contributed by atoms with Crippen LogP contribution in [0.25, 0.3) is 0 Å². The van der Waals surface area contributed by atoms with Gasteiger partial charge in [0.05, 0.1) is 4.90 Å². The van der Waals surface area contributed by atoms with Crippen LogP contribution in [0.5, 0.6) is 0 Å². The van der Waals surface area contributed by atoms with Crippen molar-refractivity contribution in [2.45, 2.75) is 37.5 Å². The molecule has 0 bridgehead atoms. The van der Waals surface area contributed by atoms with E-state index in [1.54, 1.807) is 6.92 Å². The zero-order valence-electron chi connectivity index (χ0n) is 11.4. The first-order chi connectivity index (χ1) is 9.38. The molecule has 0 atom stereocenters. The number of nitrogens with one attached hydrogen (secondary N) is 1. The van der Waals surface area contributed by atoms with E-state index in [1.165, 1.54) is 37.5 Å². The standard InChI is InChI=1S/C14H18ClNO3S/c1-10-9-12(20(15,18)19)5-6-13(10)14(17)16-8-7-11-3-2-4-11/h5-6,9,11H,2-4,7-8H2,1H3,(H,16,17). The Hall–Kier alpha value is -1.07. The number of carbonyl (C=O) groups is 1. The minimum atomic E-state index is -3.75. The van der Waals surface area contributed by atoms with Crippen LogP contribution >= 0.6 is 10.7 Å². The molecular formula is C14H18ClNO3S. The summed E-state index contributed by atoms with van der Waals surface area (Å²) in [5, 5.41) is 2.88. The fourth-order valence-electron chi connectivity index (χ4n) is 2.31. The highest BCUT2D eigenvalue weighted by Crippen LogP contribution is 2.28. The molecule has 110 valence electrons. The number of rotatable bonds is 5. The van der Waals surface area contributed by atoms with E-state index in [0.717, 1.165) is 12.3 Å². The number of amides is 1. The summed E-state index contributed by atoms with van der Waals surface area (Å²) in [5.41, 5.74) is 1.09. The van der Waals surface area contributed by atoms with Crippen LogP contribution in [0.1, 0.15) is 41.6 Å². The van der Waals surface area contributed by atoms with Crippen molar-refractivity contribution >= 4 is 25.6 Å². The van der Waals surface area contributed by atoms with Crippen LogP contribution in [0, 0.1) is 12.8 Å². The number of benzene rings is 1. The zero-order valence-corrected chi connectivity index (χ0v) is 12.9. The molecule has 1 fully saturated rings. The van der Waals surface area contributed by atoms with E-state index in [-0.39, 0.29) is 10.8 Å². The van der Waals surface area contributed by atoms with Crippen LogP contribution < -0.4 is 5.32 Å². The van der Waals surface area contributed by atoms with Gasteiger partial charge in [0.25, 0.3) is 15.0 Å². The maximum Gasteiger partial charge on any atom is 0.261 e. The van der Waals surface area contributed by atoms with Gasteiger partial charge in [0.15, 0.2) is 0 Å². The van der Waals surface area contributed by atoms with Crippen LogP contribution in [-0.4, -0.2) is 20.9 Å². The van der Waals surface area contributed by atoms with Crippen LogP contribution in [0.2, 0.25) is 0 Å². The number of hydrogen-bond donors (Lipinski definition) is 1. The molecule has 1 saturated carbocycles. The Labute approximate surface area is 123 Å². The molecule has 0 heterocycles. The van der Waals surface area contributed by atoms with Gasteiger partial charge in [-0.05, 0) is 43.0 Å².